The van der Waals surface area contributed by atoms with Gasteiger partial charge in [0.2, 0.25) is 5.91 Å². The van der Waals surface area contributed by atoms with Crippen LogP contribution in [0.2, 0.25) is 0 Å². The molecule has 0 aliphatic carbocycles. The number of nitrogens with two attached hydrogens (primary N) is 1. The predicted octanol–water partition coefficient (Wildman–Crippen LogP) is 1.39. The summed E-state index contributed by atoms with van der Waals surface area (Å²) >= 11 is 5.09. The zero-order valence-electron chi connectivity index (χ0n) is 12.3. The Bertz CT molecular complexity index is 318. The number of nitrogens with one attached hydrogen (secondary N) is 1. The lowest BCUT2D eigenvalue weighted by Gasteiger charge is -2.34. The summed E-state index contributed by atoms with van der Waals surface area (Å²) in [5.74, 6) is -0.0677. The molecule has 1 saturated heterocycles. The molecule has 6 heteroatoms. The fraction of sp³-hybridized carbons (Fsp3) is 0.857. The fourth-order valence-electron chi connectivity index (χ4n) is 2.20. The van der Waals surface area contributed by atoms with Crippen LogP contribution in [0.15, 0.2) is 0 Å². The zero-order valence-corrected chi connectivity index (χ0v) is 13.1. The summed E-state index contributed by atoms with van der Waals surface area (Å²) in [6, 6.07) is 0. The van der Waals surface area contributed by atoms with Crippen molar-refractivity contribution in [2.45, 2.75) is 39.0 Å². The first kappa shape index (κ1) is 17.3. The first-order valence-corrected chi connectivity index (χ1v) is 7.78. The molecule has 3 N–H and O–H groups in total. The van der Waals surface area contributed by atoms with Gasteiger partial charge in [0.1, 0.15) is 5.41 Å². The number of ether oxygens (including phenoxy) is 2. The molecule has 1 aliphatic rings. The third kappa shape index (κ3) is 5.00. The van der Waals surface area contributed by atoms with Gasteiger partial charge in [-0.05, 0) is 25.7 Å². The number of rotatable bonds is 9. The van der Waals surface area contributed by atoms with Crippen LogP contribution in [-0.2, 0) is 14.3 Å². The van der Waals surface area contributed by atoms with Gasteiger partial charge >= 0.3 is 0 Å². The minimum Gasteiger partial charge on any atom is -0.392 e. The Balaban J connectivity index is 2.27. The quantitative estimate of drug-likeness (QED) is 0.497. The van der Waals surface area contributed by atoms with Gasteiger partial charge in [-0.3, -0.25) is 4.79 Å². The standard InChI is InChI=1S/C14H26N2O3S/c1-2-3-8-18-9-4-7-16-13(17)14(12(15)20)5-10-19-11-6-14/h2-11H2,1H3,(H2,15,20)(H,16,17). The van der Waals surface area contributed by atoms with Crippen LogP contribution in [0.5, 0.6) is 0 Å². The van der Waals surface area contributed by atoms with Gasteiger partial charge in [-0.25, -0.2) is 0 Å². The second-order valence-electron chi connectivity index (χ2n) is 5.13. The van der Waals surface area contributed by atoms with Crippen molar-refractivity contribution in [3.63, 3.8) is 0 Å². The lowest BCUT2D eigenvalue weighted by Crippen LogP contribution is -2.52. The third-order valence-electron chi connectivity index (χ3n) is 3.65. The van der Waals surface area contributed by atoms with Gasteiger partial charge < -0.3 is 20.5 Å². The van der Waals surface area contributed by atoms with Crippen molar-refractivity contribution in [3.05, 3.63) is 0 Å². The molecule has 1 aliphatic heterocycles. The Kier molecular flexibility index (Phi) is 8.02. The van der Waals surface area contributed by atoms with Crippen molar-refractivity contribution in [1.82, 2.24) is 5.32 Å². The zero-order chi connectivity index (χ0) is 14.8. The maximum atomic E-state index is 12.3. The maximum absolute atomic E-state index is 12.3. The van der Waals surface area contributed by atoms with Crippen molar-refractivity contribution >= 4 is 23.1 Å². The topological polar surface area (TPSA) is 73.6 Å². The van der Waals surface area contributed by atoms with Gasteiger partial charge in [-0.1, -0.05) is 25.6 Å². The molecule has 0 saturated carbocycles. The molecule has 0 aromatic heterocycles. The predicted molar refractivity (Wildman–Crippen MR) is 82.6 cm³/mol. The molecule has 0 aromatic rings. The van der Waals surface area contributed by atoms with Crippen LogP contribution in [0.3, 0.4) is 0 Å². The Labute approximate surface area is 126 Å². The molecule has 0 unspecified atom stereocenters. The summed E-state index contributed by atoms with van der Waals surface area (Å²) in [6.45, 7) is 5.25. The molecule has 1 heterocycles. The molecule has 0 bridgehead atoms. The van der Waals surface area contributed by atoms with E-state index in [1.165, 1.54) is 0 Å². The maximum Gasteiger partial charge on any atom is 0.233 e. The second-order valence-corrected chi connectivity index (χ2v) is 5.57. The molecule has 1 amide bonds. The van der Waals surface area contributed by atoms with E-state index >= 15 is 0 Å². The highest BCUT2D eigenvalue weighted by molar-refractivity contribution is 7.80. The highest BCUT2D eigenvalue weighted by Crippen LogP contribution is 2.31. The van der Waals surface area contributed by atoms with E-state index in [1.54, 1.807) is 0 Å². The molecule has 1 rings (SSSR count). The molecule has 0 spiro atoms. The van der Waals surface area contributed by atoms with Gasteiger partial charge in [0.05, 0.1) is 4.99 Å². The second kappa shape index (κ2) is 9.26. The van der Waals surface area contributed by atoms with Gasteiger partial charge in [-0.15, -0.1) is 0 Å². The van der Waals surface area contributed by atoms with Gasteiger partial charge in [0, 0.05) is 33.0 Å². The molecule has 116 valence electrons. The van der Waals surface area contributed by atoms with Crippen LogP contribution in [-0.4, -0.2) is 43.9 Å². The van der Waals surface area contributed by atoms with Crippen LogP contribution >= 0.6 is 12.2 Å². The van der Waals surface area contributed by atoms with Crippen molar-refractivity contribution in [3.8, 4) is 0 Å². The molecule has 1 fully saturated rings. The van der Waals surface area contributed by atoms with E-state index in [0.717, 1.165) is 25.9 Å². The number of amides is 1. The van der Waals surface area contributed by atoms with E-state index < -0.39 is 5.41 Å². The average molecular weight is 302 g/mol. The van der Waals surface area contributed by atoms with Crippen molar-refractivity contribution in [2.75, 3.05) is 33.0 Å². The lowest BCUT2D eigenvalue weighted by molar-refractivity contribution is -0.131. The summed E-state index contributed by atoms with van der Waals surface area (Å²) in [4.78, 5) is 12.6. The normalized spacial score (nSPS) is 17.6. The minimum absolute atomic E-state index is 0.0677. The third-order valence-corrected chi connectivity index (χ3v) is 4.04. The van der Waals surface area contributed by atoms with E-state index in [0.29, 0.717) is 39.2 Å². The number of unbranched alkanes of at least 4 members (excludes halogenated alkanes) is 1. The summed E-state index contributed by atoms with van der Waals surface area (Å²) in [6.07, 6.45) is 4.16. The van der Waals surface area contributed by atoms with E-state index in [-0.39, 0.29) is 10.9 Å². The van der Waals surface area contributed by atoms with Crippen molar-refractivity contribution in [1.29, 1.82) is 0 Å². The van der Waals surface area contributed by atoms with Gasteiger partial charge in [0.15, 0.2) is 0 Å². The molecule has 5 nitrogen and oxygen atoms in total. The smallest absolute Gasteiger partial charge is 0.233 e. The molecule has 0 radical (unpaired) electrons. The van der Waals surface area contributed by atoms with Gasteiger partial charge in [-0.2, -0.15) is 0 Å². The highest BCUT2D eigenvalue weighted by Gasteiger charge is 2.42. The van der Waals surface area contributed by atoms with Crippen LogP contribution in [0.1, 0.15) is 39.0 Å². The Hall–Kier alpha value is -0.720. The monoisotopic (exact) mass is 302 g/mol. The van der Waals surface area contributed by atoms with E-state index in [9.17, 15) is 4.79 Å². The Morgan fingerprint density at radius 3 is 2.60 bits per heavy atom. The number of hydrogen-bond acceptors (Lipinski definition) is 4. The summed E-state index contributed by atoms with van der Waals surface area (Å²) in [5.41, 5.74) is 5.05. The van der Waals surface area contributed by atoms with Crippen LogP contribution in [0.4, 0.5) is 0 Å². The molecule has 0 atom stereocenters. The van der Waals surface area contributed by atoms with E-state index in [4.69, 9.17) is 27.4 Å². The number of hydrogen-bond donors (Lipinski definition) is 2. The molecular weight excluding hydrogens is 276 g/mol. The fourth-order valence-corrected chi connectivity index (χ4v) is 2.50. The van der Waals surface area contributed by atoms with Gasteiger partial charge in [0.25, 0.3) is 0 Å². The first-order chi connectivity index (χ1) is 9.63. The molecule has 20 heavy (non-hydrogen) atoms. The average Bonchev–Trinajstić information content (AvgIpc) is 2.46. The lowest BCUT2D eigenvalue weighted by atomic mass is 9.79. The highest BCUT2D eigenvalue weighted by atomic mass is 32.1. The van der Waals surface area contributed by atoms with Crippen LogP contribution in [0.25, 0.3) is 0 Å². The Morgan fingerprint density at radius 2 is 2.00 bits per heavy atom. The van der Waals surface area contributed by atoms with Crippen molar-refractivity contribution in [2.24, 2.45) is 11.1 Å². The first-order valence-electron chi connectivity index (χ1n) is 7.37. The molecule has 0 aromatic carbocycles. The van der Waals surface area contributed by atoms with Crippen molar-refractivity contribution < 1.29 is 14.3 Å². The number of thiocarbonyl (C=S) groups is 1. The largest absolute Gasteiger partial charge is 0.392 e. The van der Waals surface area contributed by atoms with E-state index in [1.807, 2.05) is 0 Å². The summed E-state index contributed by atoms with van der Waals surface area (Å²) < 4.78 is 10.7. The number of carbonyl (C=O) groups is 1. The van der Waals surface area contributed by atoms with Crippen LogP contribution in [0, 0.1) is 5.41 Å². The van der Waals surface area contributed by atoms with E-state index in [2.05, 4.69) is 12.2 Å². The SMILES string of the molecule is CCCCOCCCNC(=O)C1(C(N)=S)CCOCC1. The minimum atomic E-state index is -0.726. The van der Waals surface area contributed by atoms with Crippen LogP contribution < -0.4 is 11.1 Å². The Morgan fingerprint density at radius 1 is 1.35 bits per heavy atom. The molecular formula is C14H26N2O3S. The number of carbonyl (C=O) groups excluding carboxylic acids is 1. The summed E-state index contributed by atoms with van der Waals surface area (Å²) in [7, 11) is 0. The summed E-state index contributed by atoms with van der Waals surface area (Å²) in [5, 5.41) is 2.92.